The molecule has 2 N–H and O–H groups in total. The van der Waals surface area contributed by atoms with E-state index in [-0.39, 0.29) is 41.3 Å². The third-order valence-corrected chi connectivity index (χ3v) is 7.73. The highest BCUT2D eigenvalue weighted by molar-refractivity contribution is 5.87. The van der Waals surface area contributed by atoms with Gasteiger partial charge in [-0.15, -0.1) is 0 Å². The maximum atomic E-state index is 12.4. The summed E-state index contributed by atoms with van der Waals surface area (Å²) in [6.45, 7) is 15.3. The first-order valence-electron chi connectivity index (χ1n) is 11.6. The van der Waals surface area contributed by atoms with Crippen LogP contribution >= 0.6 is 0 Å². The van der Waals surface area contributed by atoms with Gasteiger partial charge in [0.15, 0.2) is 0 Å². The molecule has 0 bridgehead atoms. The number of hydrogen-bond donors (Lipinski definition) is 2. The second-order valence-corrected chi connectivity index (χ2v) is 9.92. The smallest absolute Gasteiger partial charge is 0.333 e. The molecule has 8 atom stereocenters. The number of aliphatic hydroxyl groups is 2. The minimum Gasteiger partial charge on any atom is -0.459 e. The summed E-state index contributed by atoms with van der Waals surface area (Å²) in [5.74, 6) is -0.947. The van der Waals surface area contributed by atoms with Crippen molar-refractivity contribution in [1.82, 2.24) is 0 Å². The van der Waals surface area contributed by atoms with E-state index in [1.807, 2.05) is 6.92 Å². The number of carbonyl (C=O) groups excluding carboxylic acids is 2. The van der Waals surface area contributed by atoms with Crippen molar-refractivity contribution in [3.05, 3.63) is 36.0 Å². The molecule has 180 valence electrons. The maximum Gasteiger partial charge on any atom is 0.333 e. The lowest BCUT2D eigenvalue weighted by Gasteiger charge is -2.57. The molecule has 2 rings (SSSR count). The van der Waals surface area contributed by atoms with Gasteiger partial charge in [0.25, 0.3) is 0 Å². The standard InChI is InChI=1S/C26H40O6/c1-8-16(4)25(30)31-17(5)10-9-11-22(27)32-21-13-12-20-24(29)23(28)19(15(2)3)14-26(20,7)18(21)6/h8-9,11,17-21,23-24,28-29H,2,10,12-14H2,1,3-7H3. The van der Waals surface area contributed by atoms with Crippen LogP contribution < -0.4 is 0 Å². The van der Waals surface area contributed by atoms with Gasteiger partial charge in [-0.05, 0) is 64.2 Å². The van der Waals surface area contributed by atoms with E-state index in [9.17, 15) is 19.8 Å². The van der Waals surface area contributed by atoms with Gasteiger partial charge >= 0.3 is 11.9 Å². The van der Waals surface area contributed by atoms with Crippen molar-refractivity contribution >= 4 is 11.9 Å². The highest BCUT2D eigenvalue weighted by atomic mass is 16.5. The van der Waals surface area contributed by atoms with Crippen molar-refractivity contribution in [1.29, 1.82) is 0 Å². The van der Waals surface area contributed by atoms with Crippen molar-refractivity contribution < 1.29 is 29.3 Å². The van der Waals surface area contributed by atoms with E-state index in [0.29, 0.717) is 31.3 Å². The topological polar surface area (TPSA) is 93.1 Å². The number of allylic oxidation sites excluding steroid dienone is 1. The van der Waals surface area contributed by atoms with Crippen molar-refractivity contribution in [3.8, 4) is 0 Å². The van der Waals surface area contributed by atoms with E-state index in [1.54, 1.807) is 32.9 Å². The highest BCUT2D eigenvalue weighted by Gasteiger charge is 2.56. The number of rotatable bonds is 7. The molecule has 0 aromatic rings. The molecule has 2 aliphatic carbocycles. The monoisotopic (exact) mass is 448 g/mol. The van der Waals surface area contributed by atoms with Crippen LogP contribution in [0, 0.1) is 23.2 Å². The Morgan fingerprint density at radius 2 is 1.88 bits per heavy atom. The molecule has 6 heteroatoms. The van der Waals surface area contributed by atoms with Crippen LogP contribution in [0.5, 0.6) is 0 Å². The highest BCUT2D eigenvalue weighted by Crippen LogP contribution is 2.56. The molecular formula is C26H40O6. The fraction of sp³-hybridized carbons (Fsp3) is 0.692. The van der Waals surface area contributed by atoms with E-state index in [4.69, 9.17) is 9.47 Å². The number of hydrogen-bond acceptors (Lipinski definition) is 6. The van der Waals surface area contributed by atoms with E-state index in [2.05, 4.69) is 20.4 Å². The molecule has 0 spiro atoms. The SMILES string of the molecule is C=C(C)C1CC2(C)C(C)C(OC(=O)C=CCC(C)OC(=O)C(C)=CC)CCC2C(O)C1O. The Labute approximate surface area is 192 Å². The van der Waals surface area contributed by atoms with Crippen molar-refractivity contribution in [2.75, 3.05) is 0 Å². The third kappa shape index (κ3) is 5.70. The summed E-state index contributed by atoms with van der Waals surface area (Å²) in [5, 5.41) is 21.3. The lowest BCUT2D eigenvalue weighted by atomic mass is 9.51. The van der Waals surface area contributed by atoms with Crippen LogP contribution in [0.2, 0.25) is 0 Å². The molecule has 0 saturated heterocycles. The molecule has 0 radical (unpaired) electrons. The van der Waals surface area contributed by atoms with E-state index in [0.717, 1.165) is 5.57 Å². The summed E-state index contributed by atoms with van der Waals surface area (Å²) < 4.78 is 11.1. The van der Waals surface area contributed by atoms with Gasteiger partial charge in [0.05, 0.1) is 12.2 Å². The van der Waals surface area contributed by atoms with Crippen molar-refractivity contribution in [3.63, 3.8) is 0 Å². The van der Waals surface area contributed by atoms with Gasteiger partial charge in [0.2, 0.25) is 0 Å². The maximum absolute atomic E-state index is 12.4. The van der Waals surface area contributed by atoms with Gasteiger partial charge < -0.3 is 19.7 Å². The first-order chi connectivity index (χ1) is 14.9. The zero-order valence-electron chi connectivity index (χ0n) is 20.3. The predicted molar refractivity (Wildman–Crippen MR) is 124 cm³/mol. The Bertz CT molecular complexity index is 768. The number of carbonyl (C=O) groups is 2. The van der Waals surface area contributed by atoms with Crippen molar-refractivity contribution in [2.45, 2.75) is 91.6 Å². The van der Waals surface area contributed by atoms with Gasteiger partial charge in [-0.2, -0.15) is 0 Å². The molecule has 2 fully saturated rings. The first kappa shape index (κ1) is 26.3. The summed E-state index contributed by atoms with van der Waals surface area (Å²) in [4.78, 5) is 24.2. The lowest BCUT2D eigenvalue weighted by molar-refractivity contribution is -0.185. The summed E-state index contributed by atoms with van der Waals surface area (Å²) in [5.41, 5.74) is 1.15. The molecule has 0 heterocycles. The molecule has 0 aromatic carbocycles. The lowest BCUT2D eigenvalue weighted by Crippen LogP contribution is -2.59. The van der Waals surface area contributed by atoms with Crippen LogP contribution in [-0.4, -0.2) is 46.6 Å². The van der Waals surface area contributed by atoms with Gasteiger partial charge in [0.1, 0.15) is 12.2 Å². The van der Waals surface area contributed by atoms with Crippen LogP contribution in [0.3, 0.4) is 0 Å². The quantitative estimate of drug-likeness (QED) is 0.346. The predicted octanol–water partition coefficient (Wildman–Crippen LogP) is 4.11. The molecule has 0 aliphatic heterocycles. The zero-order valence-corrected chi connectivity index (χ0v) is 20.3. The Hall–Kier alpha value is -1.92. The molecule has 8 unspecified atom stereocenters. The largest absolute Gasteiger partial charge is 0.459 e. The molecule has 0 aromatic heterocycles. The second kappa shape index (κ2) is 10.8. The molecule has 2 saturated carbocycles. The minimum absolute atomic E-state index is 0.0336. The Morgan fingerprint density at radius 3 is 2.47 bits per heavy atom. The average Bonchev–Trinajstić information content (AvgIpc) is 2.73. The number of ether oxygens (including phenoxy) is 2. The number of esters is 2. The summed E-state index contributed by atoms with van der Waals surface area (Å²) in [6, 6.07) is 0. The Balaban J connectivity index is 1.96. The first-order valence-corrected chi connectivity index (χ1v) is 11.6. The summed E-state index contributed by atoms with van der Waals surface area (Å²) >= 11 is 0. The van der Waals surface area contributed by atoms with Crippen LogP contribution in [0.1, 0.15) is 67.2 Å². The normalized spacial score (nSPS) is 36.3. The molecular weight excluding hydrogens is 408 g/mol. The minimum atomic E-state index is -0.801. The zero-order chi connectivity index (χ0) is 24.2. The van der Waals surface area contributed by atoms with E-state index < -0.39 is 18.2 Å². The fourth-order valence-electron chi connectivity index (χ4n) is 5.27. The number of aliphatic hydroxyl groups excluding tert-OH is 2. The van der Waals surface area contributed by atoms with Crippen LogP contribution in [-0.2, 0) is 19.1 Å². The van der Waals surface area contributed by atoms with Gasteiger partial charge in [-0.25, -0.2) is 9.59 Å². The third-order valence-electron chi connectivity index (χ3n) is 7.73. The van der Waals surface area contributed by atoms with Gasteiger partial charge in [-0.1, -0.05) is 38.2 Å². The average molecular weight is 449 g/mol. The van der Waals surface area contributed by atoms with E-state index >= 15 is 0 Å². The van der Waals surface area contributed by atoms with Crippen LogP contribution in [0.25, 0.3) is 0 Å². The van der Waals surface area contributed by atoms with Crippen LogP contribution in [0.4, 0.5) is 0 Å². The molecule has 2 aliphatic rings. The van der Waals surface area contributed by atoms with Gasteiger partial charge in [-0.3, -0.25) is 0 Å². The second-order valence-electron chi connectivity index (χ2n) is 9.92. The molecule has 32 heavy (non-hydrogen) atoms. The summed E-state index contributed by atoms with van der Waals surface area (Å²) in [6.07, 6.45) is 5.04. The molecule has 0 amide bonds. The van der Waals surface area contributed by atoms with Crippen molar-refractivity contribution in [2.24, 2.45) is 23.2 Å². The molecule has 6 nitrogen and oxygen atoms in total. The fourth-order valence-corrected chi connectivity index (χ4v) is 5.27. The Morgan fingerprint density at radius 1 is 1.22 bits per heavy atom. The summed E-state index contributed by atoms with van der Waals surface area (Å²) in [7, 11) is 0. The van der Waals surface area contributed by atoms with Gasteiger partial charge in [0, 0.05) is 24.0 Å². The Kier molecular flexibility index (Phi) is 8.89. The van der Waals surface area contributed by atoms with E-state index in [1.165, 1.54) is 6.08 Å². The van der Waals surface area contributed by atoms with Crippen LogP contribution in [0.15, 0.2) is 36.0 Å². The number of fused-ring (bicyclic) bond motifs is 1.